The van der Waals surface area contributed by atoms with Crippen LogP contribution < -0.4 is 5.11 Å². The highest BCUT2D eigenvalue weighted by Gasteiger charge is 2.21. The van der Waals surface area contributed by atoms with Gasteiger partial charge in [-0.05, 0) is 77.0 Å². The van der Waals surface area contributed by atoms with Crippen molar-refractivity contribution in [2.45, 2.75) is 245 Å². The van der Waals surface area contributed by atoms with Gasteiger partial charge in [0.1, 0.15) is 13.2 Å². The molecule has 2 atom stereocenters. The lowest BCUT2D eigenvalue weighted by Crippen LogP contribution is -2.44. The van der Waals surface area contributed by atoms with Crippen molar-refractivity contribution in [3.63, 3.8) is 0 Å². The fourth-order valence-corrected chi connectivity index (χ4v) is 7.73. The minimum atomic E-state index is -1.64. The molecule has 0 amide bonds. The molecule has 0 aromatic heterocycles. The lowest BCUT2D eigenvalue weighted by molar-refractivity contribution is -0.870. The number of likely N-dealkylation sites (N-methyl/N-ethyl adjacent to an activating group) is 1. The summed E-state index contributed by atoms with van der Waals surface area (Å²) in [5.74, 6) is -2.40. The van der Waals surface area contributed by atoms with E-state index in [4.69, 9.17) is 18.9 Å². The monoisotopic (exact) mass is 994 g/mol. The molecule has 0 aromatic carbocycles. The van der Waals surface area contributed by atoms with Crippen LogP contribution in [0.2, 0.25) is 0 Å². The molecule has 0 N–H and O–H groups in total. The third-order valence-corrected chi connectivity index (χ3v) is 12.1. The molecule has 0 saturated heterocycles. The van der Waals surface area contributed by atoms with E-state index in [-0.39, 0.29) is 38.6 Å². The van der Waals surface area contributed by atoms with Crippen molar-refractivity contribution < 1.29 is 42.9 Å². The van der Waals surface area contributed by atoms with E-state index in [9.17, 15) is 19.5 Å². The van der Waals surface area contributed by atoms with E-state index < -0.39 is 24.3 Å². The lowest BCUT2D eigenvalue weighted by Gasteiger charge is -2.26. The first-order valence-corrected chi connectivity index (χ1v) is 28.7. The fourth-order valence-electron chi connectivity index (χ4n) is 7.73. The van der Waals surface area contributed by atoms with Crippen molar-refractivity contribution in [1.29, 1.82) is 0 Å². The van der Waals surface area contributed by atoms with Crippen LogP contribution in [0.1, 0.15) is 232 Å². The van der Waals surface area contributed by atoms with E-state index in [1.54, 1.807) is 0 Å². The molecule has 0 spiro atoms. The molecular formula is C62H107NO8. The average Bonchev–Trinajstić information content (AvgIpc) is 3.34. The maximum absolute atomic E-state index is 12.8. The number of hydrogen-bond donors (Lipinski definition) is 0. The van der Waals surface area contributed by atoms with Gasteiger partial charge in [-0.25, -0.2) is 0 Å². The van der Waals surface area contributed by atoms with Gasteiger partial charge in [-0.3, -0.25) is 9.59 Å². The van der Waals surface area contributed by atoms with Gasteiger partial charge in [0.15, 0.2) is 12.4 Å². The van der Waals surface area contributed by atoms with E-state index in [1.165, 1.54) is 141 Å². The Hall–Kier alpha value is -3.53. The van der Waals surface area contributed by atoms with Crippen molar-refractivity contribution in [3.8, 4) is 0 Å². The Morgan fingerprint density at radius 1 is 0.437 bits per heavy atom. The SMILES string of the molecule is CC/C=C\C/C=C\C/C=C\C/C=C\C/C=C\C/C=C\CCC(=O)OC(COC(=O)CCCCCCCCCCCCCCCCC/C=C\CCCCCCCCCC)COC(OCC[N+](C)(C)C)C(=O)[O-]. The van der Waals surface area contributed by atoms with E-state index in [0.717, 1.165) is 57.8 Å². The lowest BCUT2D eigenvalue weighted by atomic mass is 10.0. The van der Waals surface area contributed by atoms with Crippen molar-refractivity contribution >= 4 is 17.9 Å². The van der Waals surface area contributed by atoms with Crippen molar-refractivity contribution in [2.24, 2.45) is 0 Å². The van der Waals surface area contributed by atoms with Crippen molar-refractivity contribution in [2.75, 3.05) is 47.5 Å². The highest BCUT2D eigenvalue weighted by atomic mass is 16.7. The third-order valence-electron chi connectivity index (χ3n) is 12.1. The second-order valence-electron chi connectivity index (χ2n) is 20.2. The predicted octanol–water partition coefficient (Wildman–Crippen LogP) is 15.5. The number of aliphatic carboxylic acids is 1. The zero-order valence-corrected chi connectivity index (χ0v) is 46.3. The van der Waals surface area contributed by atoms with Gasteiger partial charge < -0.3 is 33.3 Å². The summed E-state index contributed by atoms with van der Waals surface area (Å²) >= 11 is 0. The highest BCUT2D eigenvalue weighted by Crippen LogP contribution is 2.16. The van der Waals surface area contributed by atoms with Crippen LogP contribution in [0.4, 0.5) is 0 Å². The first kappa shape index (κ1) is 67.5. The van der Waals surface area contributed by atoms with Crippen LogP contribution in [0.15, 0.2) is 85.1 Å². The minimum Gasteiger partial charge on any atom is -0.545 e. The molecule has 71 heavy (non-hydrogen) atoms. The van der Waals surface area contributed by atoms with Crippen LogP contribution in [-0.4, -0.2) is 82.3 Å². The second-order valence-corrected chi connectivity index (χ2v) is 20.2. The zero-order valence-electron chi connectivity index (χ0n) is 46.3. The fraction of sp³-hybridized carbons (Fsp3) is 0.726. The normalized spacial score (nSPS) is 13.4. The molecule has 2 unspecified atom stereocenters. The van der Waals surface area contributed by atoms with E-state index in [1.807, 2.05) is 33.3 Å². The van der Waals surface area contributed by atoms with Gasteiger partial charge in [0.2, 0.25) is 0 Å². The van der Waals surface area contributed by atoms with Crippen LogP contribution in [0.25, 0.3) is 0 Å². The molecule has 0 heterocycles. The molecule has 0 aromatic rings. The molecule has 0 rings (SSSR count). The summed E-state index contributed by atoms with van der Waals surface area (Å²) in [4.78, 5) is 37.2. The first-order valence-electron chi connectivity index (χ1n) is 28.7. The van der Waals surface area contributed by atoms with Gasteiger partial charge in [0, 0.05) is 12.8 Å². The Morgan fingerprint density at radius 3 is 1.25 bits per heavy atom. The van der Waals surface area contributed by atoms with E-state index in [2.05, 4.69) is 86.8 Å². The van der Waals surface area contributed by atoms with Crippen LogP contribution in [0, 0.1) is 0 Å². The maximum Gasteiger partial charge on any atom is 0.306 e. The molecule has 0 aliphatic heterocycles. The number of unbranched alkanes of at least 4 members (excludes halogenated alkanes) is 23. The number of ether oxygens (including phenoxy) is 4. The summed E-state index contributed by atoms with van der Waals surface area (Å²) in [5, 5.41) is 11.8. The molecule has 9 heteroatoms. The minimum absolute atomic E-state index is 0.120. The Morgan fingerprint density at radius 2 is 0.831 bits per heavy atom. The Kier molecular flexibility index (Phi) is 50.2. The number of carboxylic acid groups (broad SMARTS) is 1. The van der Waals surface area contributed by atoms with Gasteiger partial charge in [-0.2, -0.15) is 0 Å². The van der Waals surface area contributed by atoms with Gasteiger partial charge in [0.05, 0.1) is 40.3 Å². The summed E-state index contributed by atoms with van der Waals surface area (Å²) in [5.41, 5.74) is 0. The van der Waals surface area contributed by atoms with Crippen LogP contribution in [0.3, 0.4) is 0 Å². The summed E-state index contributed by atoms with van der Waals surface area (Å²) in [6, 6.07) is 0. The number of quaternary nitrogens is 1. The van der Waals surface area contributed by atoms with Crippen molar-refractivity contribution in [1.82, 2.24) is 0 Å². The van der Waals surface area contributed by atoms with Crippen LogP contribution >= 0.6 is 0 Å². The predicted molar refractivity (Wildman–Crippen MR) is 297 cm³/mol. The molecule has 0 saturated carbocycles. The second kappa shape index (κ2) is 52.8. The third kappa shape index (κ3) is 54.1. The topological polar surface area (TPSA) is 111 Å². The Balaban J connectivity index is 4.29. The molecule has 0 aliphatic rings. The molecule has 0 aliphatic carbocycles. The number of allylic oxidation sites excluding steroid dienone is 14. The number of esters is 2. The summed E-state index contributed by atoms with van der Waals surface area (Å²) < 4.78 is 22.6. The smallest absolute Gasteiger partial charge is 0.306 e. The number of carbonyl (C=O) groups is 3. The molecule has 0 bridgehead atoms. The maximum atomic E-state index is 12.8. The molecular weight excluding hydrogens is 887 g/mol. The average molecular weight is 995 g/mol. The first-order chi connectivity index (χ1) is 34.6. The number of carbonyl (C=O) groups excluding carboxylic acids is 3. The molecule has 0 radical (unpaired) electrons. The Labute approximate surface area is 436 Å². The largest absolute Gasteiger partial charge is 0.545 e. The van der Waals surface area contributed by atoms with Crippen LogP contribution in [0.5, 0.6) is 0 Å². The van der Waals surface area contributed by atoms with Crippen LogP contribution in [-0.2, 0) is 33.3 Å². The quantitative estimate of drug-likeness (QED) is 0.0195. The van der Waals surface area contributed by atoms with E-state index >= 15 is 0 Å². The zero-order chi connectivity index (χ0) is 52.0. The highest BCUT2D eigenvalue weighted by molar-refractivity contribution is 5.70. The number of nitrogens with zero attached hydrogens (tertiary/aromatic N) is 1. The standard InChI is InChI=1S/C62H107NO8/c1-6-8-10-12-14-16-18-20-22-24-26-27-28-29-30-31-32-33-35-36-38-40-42-44-46-48-50-52-59(64)69-56-58(57-70-62(61(66)67)68-55-54-63(3,4)5)71-60(65)53-51-49-47-45-43-41-39-37-34-25-23-21-19-17-15-13-11-9-7-2/h9,11,15,17,21,23-24,26,34,37,41,43,47,49,58,62H,6-8,10,12-14,16,18-20,22,25,27-33,35-36,38-40,42,44-46,48,50-57H2,1-5H3/b11-9-,17-15-,23-21-,26-24-,37-34-,43-41-,49-47-. The van der Waals surface area contributed by atoms with Gasteiger partial charge in [0.25, 0.3) is 0 Å². The Bertz CT molecular complexity index is 1440. The molecule has 9 nitrogen and oxygen atoms in total. The van der Waals surface area contributed by atoms with Gasteiger partial charge in [-0.1, -0.05) is 227 Å². The number of hydrogen-bond acceptors (Lipinski definition) is 8. The number of rotatable bonds is 52. The van der Waals surface area contributed by atoms with E-state index in [0.29, 0.717) is 17.4 Å². The molecule has 408 valence electrons. The van der Waals surface area contributed by atoms with Crippen molar-refractivity contribution in [3.05, 3.63) is 85.1 Å². The van der Waals surface area contributed by atoms with Gasteiger partial charge in [-0.15, -0.1) is 0 Å². The summed E-state index contributed by atoms with van der Waals surface area (Å²) in [6.45, 7) is 4.55. The molecule has 0 fully saturated rings. The van der Waals surface area contributed by atoms with Gasteiger partial charge >= 0.3 is 11.9 Å². The number of carboxylic acids is 1. The summed E-state index contributed by atoms with van der Waals surface area (Å²) in [6.07, 6.45) is 66.6. The summed E-state index contributed by atoms with van der Waals surface area (Å²) in [7, 11) is 5.89.